The molecule has 0 saturated heterocycles. The lowest BCUT2D eigenvalue weighted by atomic mass is 9.44. The van der Waals surface area contributed by atoms with Gasteiger partial charge in [-0.2, -0.15) is 0 Å². The SMILES string of the molecule is CC(=O)O[C@]1(C(C)=O)CC[C@H]2[C@@H]3C[C@@H](CO)C4=CC(=O)CC[C@@]4(C)[C@@H]3CC[C@@]21C. The number of hydrogen-bond acceptors (Lipinski definition) is 5. The molecule has 5 nitrogen and oxygen atoms in total. The summed E-state index contributed by atoms with van der Waals surface area (Å²) in [6.45, 7) is 7.45. The molecular weight excluding hydrogens is 368 g/mol. The average molecular weight is 403 g/mol. The molecular formula is C24H34O5. The molecule has 1 N–H and O–H groups in total. The van der Waals surface area contributed by atoms with Gasteiger partial charge in [0.25, 0.3) is 0 Å². The van der Waals surface area contributed by atoms with Crippen LogP contribution in [0.4, 0.5) is 0 Å². The van der Waals surface area contributed by atoms with Crippen LogP contribution < -0.4 is 0 Å². The molecule has 0 aromatic rings. The molecule has 0 unspecified atom stereocenters. The number of hydrogen-bond donors (Lipinski definition) is 1. The quantitative estimate of drug-likeness (QED) is 0.729. The summed E-state index contributed by atoms with van der Waals surface area (Å²) in [7, 11) is 0. The van der Waals surface area contributed by atoms with Crippen LogP contribution in [0.5, 0.6) is 0 Å². The number of ether oxygens (including phenoxy) is 1. The second-order valence-electron chi connectivity index (χ2n) is 10.4. The molecule has 5 heteroatoms. The minimum absolute atomic E-state index is 0.00824. The Hall–Kier alpha value is -1.49. The summed E-state index contributed by atoms with van der Waals surface area (Å²) >= 11 is 0. The molecule has 160 valence electrons. The third kappa shape index (κ3) is 2.72. The third-order valence-electron chi connectivity index (χ3n) is 9.35. The fraction of sp³-hybridized carbons (Fsp3) is 0.792. The number of fused-ring (bicyclic) bond motifs is 5. The van der Waals surface area contributed by atoms with E-state index in [9.17, 15) is 19.5 Å². The van der Waals surface area contributed by atoms with E-state index in [1.165, 1.54) is 6.92 Å². The number of aliphatic hydroxyl groups excluding tert-OH is 1. The molecule has 0 aromatic carbocycles. The minimum Gasteiger partial charge on any atom is -0.451 e. The largest absolute Gasteiger partial charge is 0.451 e. The molecule has 3 fully saturated rings. The van der Waals surface area contributed by atoms with Crippen LogP contribution in [0.2, 0.25) is 0 Å². The van der Waals surface area contributed by atoms with Gasteiger partial charge in [-0.25, -0.2) is 0 Å². The Morgan fingerprint density at radius 3 is 2.45 bits per heavy atom. The fourth-order valence-electron chi connectivity index (χ4n) is 8.02. The van der Waals surface area contributed by atoms with Gasteiger partial charge in [-0.15, -0.1) is 0 Å². The van der Waals surface area contributed by atoms with E-state index >= 15 is 0 Å². The standard InChI is InChI=1S/C24H34O5/c1-14(26)24(29-15(2)27)10-7-20-18-11-16(13-25)21-12-17(28)5-8-22(21,3)19(18)6-9-23(20,24)4/h12,16,18-20,25H,5-11,13H2,1-4H3/t16-,18+,19+,20-,22-,23-,24-/m0/s1. The highest BCUT2D eigenvalue weighted by molar-refractivity contribution is 5.92. The van der Waals surface area contributed by atoms with Gasteiger partial charge < -0.3 is 9.84 Å². The maximum Gasteiger partial charge on any atom is 0.303 e. The van der Waals surface area contributed by atoms with Crippen molar-refractivity contribution in [1.82, 2.24) is 0 Å². The summed E-state index contributed by atoms with van der Waals surface area (Å²) in [5.41, 5.74) is -0.304. The highest BCUT2D eigenvalue weighted by Gasteiger charge is 2.68. The Balaban J connectivity index is 1.75. The van der Waals surface area contributed by atoms with Crippen molar-refractivity contribution in [2.24, 2.45) is 34.5 Å². The Morgan fingerprint density at radius 2 is 1.83 bits per heavy atom. The van der Waals surface area contributed by atoms with Crippen molar-refractivity contribution < 1.29 is 24.2 Å². The zero-order valence-electron chi connectivity index (χ0n) is 18.1. The van der Waals surface area contributed by atoms with Crippen molar-refractivity contribution in [2.45, 2.75) is 78.2 Å². The van der Waals surface area contributed by atoms with E-state index in [4.69, 9.17) is 4.74 Å². The van der Waals surface area contributed by atoms with E-state index < -0.39 is 5.60 Å². The number of aliphatic hydroxyl groups is 1. The van der Waals surface area contributed by atoms with E-state index in [0.29, 0.717) is 24.7 Å². The first kappa shape index (κ1) is 20.8. The highest BCUT2D eigenvalue weighted by atomic mass is 16.6. The van der Waals surface area contributed by atoms with Gasteiger partial charge in [-0.05, 0) is 74.7 Å². The molecule has 4 aliphatic carbocycles. The van der Waals surface area contributed by atoms with Crippen molar-refractivity contribution in [3.63, 3.8) is 0 Å². The van der Waals surface area contributed by atoms with Crippen molar-refractivity contribution >= 4 is 17.5 Å². The van der Waals surface area contributed by atoms with Crippen LogP contribution >= 0.6 is 0 Å². The third-order valence-corrected chi connectivity index (χ3v) is 9.35. The zero-order valence-corrected chi connectivity index (χ0v) is 18.1. The molecule has 4 rings (SSSR count). The van der Waals surface area contributed by atoms with Crippen molar-refractivity contribution in [3.05, 3.63) is 11.6 Å². The lowest BCUT2D eigenvalue weighted by molar-refractivity contribution is -0.188. The first-order valence-electron chi connectivity index (χ1n) is 11.2. The highest BCUT2D eigenvalue weighted by Crippen LogP contribution is 2.69. The topological polar surface area (TPSA) is 80.7 Å². The van der Waals surface area contributed by atoms with Gasteiger partial charge in [0.1, 0.15) is 0 Å². The molecule has 0 radical (unpaired) electrons. The minimum atomic E-state index is -1.03. The Bertz CT molecular complexity index is 784. The summed E-state index contributed by atoms with van der Waals surface area (Å²) in [6.07, 6.45) is 7.38. The van der Waals surface area contributed by atoms with Crippen LogP contribution in [0.1, 0.15) is 72.6 Å². The number of ketones is 2. The molecule has 7 atom stereocenters. The van der Waals surface area contributed by atoms with Crippen LogP contribution in [0, 0.1) is 34.5 Å². The van der Waals surface area contributed by atoms with E-state index in [-0.39, 0.29) is 46.8 Å². The molecule has 3 saturated carbocycles. The van der Waals surface area contributed by atoms with Gasteiger partial charge >= 0.3 is 5.97 Å². The normalized spacial score (nSPS) is 46.2. The summed E-state index contributed by atoms with van der Waals surface area (Å²) in [5, 5.41) is 10.2. The van der Waals surface area contributed by atoms with E-state index in [0.717, 1.165) is 37.7 Å². The van der Waals surface area contributed by atoms with Gasteiger partial charge in [-0.1, -0.05) is 19.4 Å². The van der Waals surface area contributed by atoms with Gasteiger partial charge in [-0.3, -0.25) is 14.4 Å². The van der Waals surface area contributed by atoms with Crippen LogP contribution in [-0.4, -0.2) is 34.9 Å². The molecule has 0 amide bonds. The number of carbonyl (C=O) groups is 3. The molecule has 29 heavy (non-hydrogen) atoms. The van der Waals surface area contributed by atoms with Crippen molar-refractivity contribution in [2.75, 3.05) is 6.61 Å². The molecule has 0 bridgehead atoms. The predicted molar refractivity (Wildman–Crippen MR) is 108 cm³/mol. The lowest BCUT2D eigenvalue weighted by Gasteiger charge is -2.60. The predicted octanol–water partition coefficient (Wildman–Crippen LogP) is 3.63. The van der Waals surface area contributed by atoms with Gasteiger partial charge in [0.05, 0.1) is 0 Å². The first-order chi connectivity index (χ1) is 13.6. The van der Waals surface area contributed by atoms with Crippen LogP contribution in [-0.2, 0) is 19.1 Å². The number of esters is 1. The maximum absolute atomic E-state index is 12.8. The summed E-state index contributed by atoms with van der Waals surface area (Å²) in [5.74, 6) is 0.871. The lowest BCUT2D eigenvalue weighted by Crippen LogP contribution is -2.59. The molecule has 0 heterocycles. The zero-order chi connectivity index (χ0) is 21.2. The summed E-state index contributed by atoms with van der Waals surface area (Å²) < 4.78 is 5.82. The van der Waals surface area contributed by atoms with Crippen LogP contribution in [0.25, 0.3) is 0 Å². The number of rotatable bonds is 3. The van der Waals surface area contributed by atoms with Crippen molar-refractivity contribution in [3.8, 4) is 0 Å². The Kier molecular flexibility index (Phi) is 4.84. The van der Waals surface area contributed by atoms with Gasteiger partial charge in [0.2, 0.25) is 0 Å². The van der Waals surface area contributed by atoms with E-state index in [1.54, 1.807) is 6.92 Å². The Morgan fingerprint density at radius 1 is 1.14 bits per heavy atom. The summed E-state index contributed by atoms with van der Waals surface area (Å²) in [4.78, 5) is 36.9. The molecule has 0 spiro atoms. The van der Waals surface area contributed by atoms with E-state index in [2.05, 4.69) is 13.8 Å². The second kappa shape index (κ2) is 6.76. The number of Topliss-reactive ketones (excluding diaryl/α,β-unsaturated/α-hetero) is 1. The first-order valence-corrected chi connectivity index (χ1v) is 11.2. The summed E-state index contributed by atoms with van der Waals surface area (Å²) in [6, 6.07) is 0. The van der Waals surface area contributed by atoms with Gasteiger partial charge in [0.15, 0.2) is 17.2 Å². The monoisotopic (exact) mass is 402 g/mol. The maximum atomic E-state index is 12.8. The number of carbonyl (C=O) groups excluding carboxylic acids is 3. The Labute approximate surface area is 173 Å². The smallest absolute Gasteiger partial charge is 0.303 e. The van der Waals surface area contributed by atoms with Crippen molar-refractivity contribution in [1.29, 1.82) is 0 Å². The van der Waals surface area contributed by atoms with Gasteiger partial charge in [0, 0.05) is 31.3 Å². The van der Waals surface area contributed by atoms with Crippen LogP contribution in [0.15, 0.2) is 11.6 Å². The van der Waals surface area contributed by atoms with Crippen LogP contribution in [0.3, 0.4) is 0 Å². The molecule has 0 aromatic heterocycles. The van der Waals surface area contributed by atoms with E-state index in [1.807, 2.05) is 6.08 Å². The molecule has 4 aliphatic rings. The average Bonchev–Trinajstić information content (AvgIpc) is 2.95. The fourth-order valence-corrected chi connectivity index (χ4v) is 8.02. The second-order valence-corrected chi connectivity index (χ2v) is 10.4. The molecule has 0 aliphatic heterocycles.